The molecule has 4 aromatic rings. The third-order valence-corrected chi connectivity index (χ3v) is 5.81. The number of rotatable bonds is 7. The number of ether oxygens (including phenoxy) is 2. The lowest BCUT2D eigenvalue weighted by Crippen LogP contribution is -2.13. The fourth-order valence-corrected chi connectivity index (χ4v) is 4.22. The Morgan fingerprint density at radius 3 is 2.15 bits per heavy atom. The number of methoxy groups -OCH3 is 2. The van der Waals surface area contributed by atoms with Gasteiger partial charge in [0.05, 0.1) is 33.0 Å². The number of hydrogen-bond donors (Lipinski definition) is 2. The second-order valence-corrected chi connectivity index (χ2v) is 7.96. The molecule has 0 amide bonds. The summed E-state index contributed by atoms with van der Waals surface area (Å²) in [5.41, 5.74) is 5.81. The first-order valence-corrected chi connectivity index (χ1v) is 10.7. The number of benzene rings is 3. The van der Waals surface area contributed by atoms with Gasteiger partial charge in [0.1, 0.15) is 5.82 Å². The third kappa shape index (κ3) is 4.11. The van der Waals surface area contributed by atoms with Gasteiger partial charge in [0.15, 0.2) is 11.5 Å². The number of pyridine rings is 1. The summed E-state index contributed by atoms with van der Waals surface area (Å²) in [5, 5.41) is 21.2. The van der Waals surface area contributed by atoms with Crippen molar-refractivity contribution in [2.24, 2.45) is 0 Å². The van der Waals surface area contributed by atoms with E-state index in [2.05, 4.69) is 6.07 Å². The number of aromatic nitrogens is 1. The minimum atomic E-state index is -0.183. The topological polar surface area (TPSA) is 75.0 Å². The maximum atomic E-state index is 10.2. The molecule has 6 heteroatoms. The number of nitrogens with zero attached hydrogens (tertiary/aromatic N) is 2. The highest BCUT2D eigenvalue weighted by Gasteiger charge is 2.19. The standard InChI is InChI=1S/C27H28N2O4/c1-29(2)27-20(18-10-11-24(32-3)25(13-18)33-4)14-21-23(28-27)12-19(15-30)22(16-31)26(21)17-8-6-5-7-9-17/h5-14,30-31H,15-16H2,1-4H3. The second-order valence-electron chi connectivity index (χ2n) is 7.96. The molecule has 0 aliphatic rings. The van der Waals surface area contributed by atoms with E-state index in [0.717, 1.165) is 39.0 Å². The van der Waals surface area contributed by atoms with Gasteiger partial charge in [0.2, 0.25) is 0 Å². The van der Waals surface area contributed by atoms with Crippen LogP contribution in [0.5, 0.6) is 11.5 Å². The molecule has 3 aromatic carbocycles. The average Bonchev–Trinajstić information content (AvgIpc) is 2.86. The van der Waals surface area contributed by atoms with E-state index in [1.807, 2.05) is 73.6 Å². The van der Waals surface area contributed by atoms with Crippen LogP contribution in [0.3, 0.4) is 0 Å². The van der Waals surface area contributed by atoms with Gasteiger partial charge < -0.3 is 24.6 Å². The molecule has 2 N–H and O–H groups in total. The molecule has 0 saturated heterocycles. The fraction of sp³-hybridized carbons (Fsp3) is 0.222. The van der Waals surface area contributed by atoms with Crippen molar-refractivity contribution < 1.29 is 19.7 Å². The smallest absolute Gasteiger partial charge is 0.161 e. The van der Waals surface area contributed by atoms with Gasteiger partial charge >= 0.3 is 0 Å². The highest BCUT2D eigenvalue weighted by Crippen LogP contribution is 2.41. The Hall–Kier alpha value is -3.61. The number of aliphatic hydroxyl groups excluding tert-OH is 2. The molecular formula is C27H28N2O4. The van der Waals surface area contributed by atoms with E-state index in [4.69, 9.17) is 14.5 Å². The maximum absolute atomic E-state index is 10.2. The predicted octanol–water partition coefficient (Wildman–Crippen LogP) is 4.64. The van der Waals surface area contributed by atoms with Crippen LogP contribution >= 0.6 is 0 Å². The van der Waals surface area contributed by atoms with Crippen molar-refractivity contribution in [2.75, 3.05) is 33.2 Å². The largest absolute Gasteiger partial charge is 0.493 e. The molecule has 0 atom stereocenters. The summed E-state index contributed by atoms with van der Waals surface area (Å²) in [7, 11) is 7.13. The summed E-state index contributed by atoms with van der Waals surface area (Å²) in [6.45, 7) is -0.362. The quantitative estimate of drug-likeness (QED) is 0.433. The van der Waals surface area contributed by atoms with Crippen LogP contribution in [0.15, 0.2) is 60.7 Å². The number of hydrogen-bond acceptors (Lipinski definition) is 6. The van der Waals surface area contributed by atoms with Crippen molar-refractivity contribution in [3.05, 3.63) is 71.8 Å². The molecule has 0 aliphatic heterocycles. The molecule has 6 nitrogen and oxygen atoms in total. The van der Waals surface area contributed by atoms with Crippen molar-refractivity contribution in [2.45, 2.75) is 13.2 Å². The lowest BCUT2D eigenvalue weighted by molar-refractivity contribution is 0.260. The molecule has 1 heterocycles. The molecule has 0 aliphatic carbocycles. The molecule has 0 radical (unpaired) electrons. The number of aliphatic hydroxyl groups is 2. The normalized spacial score (nSPS) is 11.0. The molecule has 0 bridgehead atoms. The molecule has 170 valence electrons. The summed E-state index contributed by atoms with van der Waals surface area (Å²) in [4.78, 5) is 6.94. The van der Waals surface area contributed by atoms with Crippen molar-refractivity contribution in [3.8, 4) is 33.8 Å². The zero-order chi connectivity index (χ0) is 23.5. The van der Waals surface area contributed by atoms with Gasteiger partial charge in [-0.2, -0.15) is 0 Å². The Kier molecular flexibility index (Phi) is 6.49. The molecule has 1 aromatic heterocycles. The van der Waals surface area contributed by atoms with Crippen LogP contribution in [-0.4, -0.2) is 43.5 Å². The molecule has 0 spiro atoms. The van der Waals surface area contributed by atoms with Crippen LogP contribution in [0, 0.1) is 0 Å². The molecular weight excluding hydrogens is 416 g/mol. The zero-order valence-electron chi connectivity index (χ0n) is 19.3. The minimum Gasteiger partial charge on any atom is -0.493 e. The summed E-state index contributed by atoms with van der Waals surface area (Å²) in [6.07, 6.45) is 0. The van der Waals surface area contributed by atoms with Gasteiger partial charge in [-0.25, -0.2) is 4.98 Å². The molecule has 0 fully saturated rings. The Morgan fingerprint density at radius 2 is 1.55 bits per heavy atom. The van der Waals surface area contributed by atoms with E-state index >= 15 is 0 Å². The van der Waals surface area contributed by atoms with Crippen molar-refractivity contribution in [3.63, 3.8) is 0 Å². The lowest BCUT2D eigenvalue weighted by Gasteiger charge is -2.21. The van der Waals surface area contributed by atoms with Gasteiger partial charge in [-0.3, -0.25) is 0 Å². The van der Waals surface area contributed by atoms with E-state index in [-0.39, 0.29) is 13.2 Å². The Morgan fingerprint density at radius 1 is 0.818 bits per heavy atom. The zero-order valence-corrected chi connectivity index (χ0v) is 19.3. The van der Waals surface area contributed by atoms with Gasteiger partial charge in [-0.1, -0.05) is 36.4 Å². The molecule has 33 heavy (non-hydrogen) atoms. The van der Waals surface area contributed by atoms with Crippen LogP contribution in [0.2, 0.25) is 0 Å². The van der Waals surface area contributed by atoms with Crippen LogP contribution in [0.25, 0.3) is 33.2 Å². The monoisotopic (exact) mass is 444 g/mol. The van der Waals surface area contributed by atoms with E-state index in [1.165, 1.54) is 0 Å². The third-order valence-electron chi connectivity index (χ3n) is 5.81. The van der Waals surface area contributed by atoms with Gasteiger partial charge in [-0.15, -0.1) is 0 Å². The van der Waals surface area contributed by atoms with Crippen LogP contribution in [0.4, 0.5) is 5.82 Å². The van der Waals surface area contributed by atoms with Gasteiger partial charge in [0, 0.05) is 25.0 Å². The van der Waals surface area contributed by atoms with Gasteiger partial charge in [-0.05, 0) is 52.1 Å². The Labute approximate surface area is 193 Å². The predicted molar refractivity (Wildman–Crippen MR) is 132 cm³/mol. The highest BCUT2D eigenvalue weighted by atomic mass is 16.5. The SMILES string of the molecule is COc1ccc(-c2cc3c(-c4ccccc4)c(CO)c(CO)cc3nc2N(C)C)cc1OC. The van der Waals surface area contributed by atoms with Crippen LogP contribution in [0.1, 0.15) is 11.1 Å². The number of fused-ring (bicyclic) bond motifs is 1. The summed E-state index contributed by atoms with van der Waals surface area (Å²) < 4.78 is 10.9. The summed E-state index contributed by atoms with van der Waals surface area (Å²) >= 11 is 0. The second kappa shape index (κ2) is 9.48. The maximum Gasteiger partial charge on any atom is 0.161 e. The summed E-state index contributed by atoms with van der Waals surface area (Å²) in [6, 6.07) is 19.6. The van der Waals surface area contributed by atoms with Gasteiger partial charge in [0.25, 0.3) is 0 Å². The van der Waals surface area contributed by atoms with Crippen LogP contribution in [-0.2, 0) is 13.2 Å². The molecule has 4 rings (SSSR count). The first kappa shape index (κ1) is 22.6. The Balaban J connectivity index is 2.09. The summed E-state index contributed by atoms with van der Waals surface area (Å²) in [5.74, 6) is 2.07. The van der Waals surface area contributed by atoms with Crippen molar-refractivity contribution in [1.82, 2.24) is 4.98 Å². The van der Waals surface area contributed by atoms with Crippen molar-refractivity contribution in [1.29, 1.82) is 0 Å². The molecule has 0 saturated carbocycles. The van der Waals surface area contributed by atoms with Crippen molar-refractivity contribution >= 4 is 16.7 Å². The number of anilines is 1. The van der Waals surface area contributed by atoms with Crippen LogP contribution < -0.4 is 14.4 Å². The van der Waals surface area contributed by atoms with E-state index in [1.54, 1.807) is 14.2 Å². The minimum absolute atomic E-state index is 0.178. The molecule has 0 unspecified atom stereocenters. The Bertz CT molecular complexity index is 1290. The first-order chi connectivity index (χ1) is 16.0. The highest BCUT2D eigenvalue weighted by molar-refractivity contribution is 6.01. The van der Waals surface area contributed by atoms with E-state index in [0.29, 0.717) is 22.6 Å². The lowest BCUT2D eigenvalue weighted by atomic mass is 9.90. The van der Waals surface area contributed by atoms with E-state index in [9.17, 15) is 10.2 Å². The van der Waals surface area contributed by atoms with E-state index < -0.39 is 0 Å². The first-order valence-electron chi connectivity index (χ1n) is 10.7. The average molecular weight is 445 g/mol. The fourth-order valence-electron chi connectivity index (χ4n) is 4.22.